The summed E-state index contributed by atoms with van der Waals surface area (Å²) in [5.74, 6) is -1.42. The number of phenols is 1. The van der Waals surface area contributed by atoms with Crippen molar-refractivity contribution >= 4 is 23.2 Å². The number of aryl methyl sites for hydroxylation is 1. The maximum absolute atomic E-state index is 13.6. The number of halogens is 2. The third kappa shape index (κ3) is 2.69. The molecule has 3 nitrogen and oxygen atoms in total. The first-order valence-corrected chi connectivity index (χ1v) is 5.92. The highest BCUT2D eigenvalue weighted by Crippen LogP contribution is 2.25. The van der Waals surface area contributed by atoms with Crippen LogP contribution in [0.4, 0.5) is 10.1 Å². The summed E-state index contributed by atoms with van der Waals surface area (Å²) in [6.45, 7) is 1.67. The predicted octanol–water partition coefficient (Wildman–Crippen LogP) is 3.75. The van der Waals surface area contributed by atoms with Crippen molar-refractivity contribution in [2.45, 2.75) is 6.92 Å². The molecule has 0 aliphatic rings. The molecule has 19 heavy (non-hydrogen) atoms. The number of carbonyl (C=O) groups excluding carboxylic acids is 1. The summed E-state index contributed by atoms with van der Waals surface area (Å²) in [4.78, 5) is 12.0. The van der Waals surface area contributed by atoms with Crippen LogP contribution in [-0.4, -0.2) is 11.0 Å². The summed E-state index contributed by atoms with van der Waals surface area (Å²) in [6.07, 6.45) is 0. The van der Waals surface area contributed by atoms with Crippen LogP contribution in [-0.2, 0) is 0 Å². The van der Waals surface area contributed by atoms with E-state index in [0.717, 1.165) is 0 Å². The number of aromatic hydroxyl groups is 1. The Hall–Kier alpha value is -2.07. The number of hydrogen-bond donors (Lipinski definition) is 2. The van der Waals surface area contributed by atoms with Crippen LogP contribution < -0.4 is 5.32 Å². The van der Waals surface area contributed by atoms with Crippen LogP contribution in [0.5, 0.6) is 5.75 Å². The smallest absolute Gasteiger partial charge is 0.259 e. The minimum atomic E-state index is -0.704. The van der Waals surface area contributed by atoms with Crippen molar-refractivity contribution in [2.24, 2.45) is 0 Å². The van der Waals surface area contributed by atoms with E-state index >= 15 is 0 Å². The minimum absolute atomic E-state index is 0.0293. The van der Waals surface area contributed by atoms with E-state index in [1.807, 2.05) is 0 Å². The molecule has 1 amide bonds. The van der Waals surface area contributed by atoms with Gasteiger partial charge in [-0.1, -0.05) is 29.8 Å². The van der Waals surface area contributed by atoms with Gasteiger partial charge in [-0.3, -0.25) is 4.79 Å². The SMILES string of the molecule is Cc1cccc(C(=O)Nc2cccc(Cl)c2F)c1O. The van der Waals surface area contributed by atoms with Gasteiger partial charge in [-0.25, -0.2) is 4.39 Å². The number of nitrogens with one attached hydrogen (secondary N) is 1. The van der Waals surface area contributed by atoms with Crippen LogP contribution in [0.2, 0.25) is 5.02 Å². The van der Waals surface area contributed by atoms with Gasteiger partial charge in [0, 0.05) is 0 Å². The van der Waals surface area contributed by atoms with Crippen molar-refractivity contribution in [1.29, 1.82) is 0 Å². The van der Waals surface area contributed by atoms with E-state index in [-0.39, 0.29) is 22.0 Å². The Kier molecular flexibility index (Phi) is 3.71. The molecule has 0 aromatic heterocycles. The van der Waals surface area contributed by atoms with E-state index in [1.165, 1.54) is 24.3 Å². The van der Waals surface area contributed by atoms with Gasteiger partial charge in [0.15, 0.2) is 5.82 Å². The van der Waals surface area contributed by atoms with Gasteiger partial charge in [-0.15, -0.1) is 0 Å². The second-order valence-corrected chi connectivity index (χ2v) is 4.43. The maximum atomic E-state index is 13.6. The van der Waals surface area contributed by atoms with Gasteiger partial charge < -0.3 is 10.4 Å². The minimum Gasteiger partial charge on any atom is -0.507 e. The Morgan fingerprint density at radius 1 is 1.26 bits per heavy atom. The Bertz CT molecular complexity index is 643. The normalized spacial score (nSPS) is 10.3. The molecular weight excluding hydrogens is 269 g/mol. The first-order valence-electron chi connectivity index (χ1n) is 5.54. The number of hydrogen-bond acceptors (Lipinski definition) is 2. The molecule has 0 fully saturated rings. The van der Waals surface area contributed by atoms with E-state index in [4.69, 9.17) is 11.6 Å². The van der Waals surface area contributed by atoms with E-state index < -0.39 is 11.7 Å². The highest BCUT2D eigenvalue weighted by atomic mass is 35.5. The molecule has 0 saturated heterocycles. The van der Waals surface area contributed by atoms with E-state index in [2.05, 4.69) is 5.32 Å². The summed E-state index contributed by atoms with van der Waals surface area (Å²) in [6, 6.07) is 9.07. The van der Waals surface area contributed by atoms with E-state index in [1.54, 1.807) is 19.1 Å². The average Bonchev–Trinajstić information content (AvgIpc) is 2.38. The Morgan fingerprint density at radius 3 is 2.68 bits per heavy atom. The van der Waals surface area contributed by atoms with Gasteiger partial charge in [0.1, 0.15) is 5.75 Å². The molecule has 0 aliphatic carbocycles. The summed E-state index contributed by atoms with van der Waals surface area (Å²) in [7, 11) is 0. The lowest BCUT2D eigenvalue weighted by molar-refractivity contribution is 0.102. The summed E-state index contributed by atoms with van der Waals surface area (Å²) in [5.41, 5.74) is 0.622. The molecule has 98 valence electrons. The third-order valence-corrected chi connectivity index (χ3v) is 2.97. The fourth-order valence-corrected chi connectivity index (χ4v) is 1.81. The first kappa shape index (κ1) is 13.4. The lowest BCUT2D eigenvalue weighted by atomic mass is 10.1. The highest BCUT2D eigenvalue weighted by Gasteiger charge is 2.15. The molecule has 0 spiro atoms. The third-order valence-electron chi connectivity index (χ3n) is 2.68. The molecule has 2 rings (SSSR count). The molecule has 2 aromatic carbocycles. The number of anilines is 1. The van der Waals surface area contributed by atoms with E-state index in [9.17, 15) is 14.3 Å². The van der Waals surface area contributed by atoms with Gasteiger partial charge >= 0.3 is 0 Å². The quantitative estimate of drug-likeness (QED) is 0.880. The standard InChI is InChI=1S/C14H11ClFNO2/c1-8-4-2-5-9(13(8)18)14(19)17-11-7-3-6-10(15)12(11)16/h2-7,18H,1H3,(H,17,19). The van der Waals surface area contributed by atoms with E-state index in [0.29, 0.717) is 5.56 Å². The molecule has 0 atom stereocenters. The Balaban J connectivity index is 2.31. The van der Waals surface area contributed by atoms with Gasteiger partial charge in [0.05, 0.1) is 16.3 Å². The van der Waals surface area contributed by atoms with Gasteiger partial charge in [-0.2, -0.15) is 0 Å². The number of amides is 1. The largest absolute Gasteiger partial charge is 0.507 e. The number of benzene rings is 2. The number of phenolic OH excluding ortho intramolecular Hbond substituents is 1. The van der Waals surface area contributed by atoms with Crippen LogP contribution in [0.3, 0.4) is 0 Å². The zero-order valence-electron chi connectivity index (χ0n) is 10.1. The fraction of sp³-hybridized carbons (Fsp3) is 0.0714. The van der Waals surface area contributed by atoms with Gasteiger partial charge in [0.25, 0.3) is 5.91 Å². The molecule has 2 N–H and O–H groups in total. The van der Waals surface area contributed by atoms with Gasteiger partial charge in [0.2, 0.25) is 0 Å². The molecule has 0 saturated carbocycles. The zero-order chi connectivity index (χ0) is 14.0. The average molecular weight is 280 g/mol. The first-order chi connectivity index (χ1) is 9.00. The van der Waals surface area contributed by atoms with Gasteiger partial charge in [-0.05, 0) is 30.7 Å². The molecular formula is C14H11ClFNO2. The van der Waals surface area contributed by atoms with Crippen LogP contribution >= 0.6 is 11.6 Å². The second-order valence-electron chi connectivity index (χ2n) is 4.03. The molecule has 2 aromatic rings. The van der Waals surface area contributed by atoms with Crippen molar-refractivity contribution < 1.29 is 14.3 Å². The molecule has 0 bridgehead atoms. The number of rotatable bonds is 2. The molecule has 0 radical (unpaired) electrons. The van der Waals surface area contributed by atoms with Crippen LogP contribution in [0.25, 0.3) is 0 Å². The Labute approximate surface area is 114 Å². The molecule has 0 heterocycles. The molecule has 0 unspecified atom stereocenters. The fourth-order valence-electron chi connectivity index (χ4n) is 1.63. The lowest BCUT2D eigenvalue weighted by Gasteiger charge is -2.09. The lowest BCUT2D eigenvalue weighted by Crippen LogP contribution is -2.13. The predicted molar refractivity (Wildman–Crippen MR) is 72.2 cm³/mol. The zero-order valence-corrected chi connectivity index (χ0v) is 10.8. The van der Waals surface area contributed by atoms with Crippen molar-refractivity contribution in [3.05, 3.63) is 58.4 Å². The van der Waals surface area contributed by atoms with Crippen LogP contribution in [0, 0.1) is 12.7 Å². The second kappa shape index (κ2) is 5.28. The van der Waals surface area contributed by atoms with Crippen molar-refractivity contribution in [3.8, 4) is 5.75 Å². The van der Waals surface area contributed by atoms with Crippen molar-refractivity contribution in [3.63, 3.8) is 0 Å². The van der Waals surface area contributed by atoms with Crippen LogP contribution in [0.1, 0.15) is 15.9 Å². The maximum Gasteiger partial charge on any atom is 0.259 e. The number of para-hydroxylation sites is 1. The topological polar surface area (TPSA) is 49.3 Å². The monoisotopic (exact) mass is 279 g/mol. The molecule has 5 heteroatoms. The Morgan fingerprint density at radius 2 is 1.95 bits per heavy atom. The summed E-state index contributed by atoms with van der Waals surface area (Å²) >= 11 is 5.62. The van der Waals surface area contributed by atoms with Crippen LogP contribution in [0.15, 0.2) is 36.4 Å². The summed E-state index contributed by atoms with van der Waals surface area (Å²) in [5, 5.41) is 12.1. The summed E-state index contributed by atoms with van der Waals surface area (Å²) < 4.78 is 13.6. The number of carbonyl (C=O) groups is 1. The van der Waals surface area contributed by atoms with Crippen molar-refractivity contribution in [2.75, 3.05) is 5.32 Å². The highest BCUT2D eigenvalue weighted by molar-refractivity contribution is 6.31. The van der Waals surface area contributed by atoms with Crippen molar-refractivity contribution in [1.82, 2.24) is 0 Å². The molecule has 0 aliphatic heterocycles.